The summed E-state index contributed by atoms with van der Waals surface area (Å²) in [7, 11) is 1.92. The van der Waals surface area contributed by atoms with Crippen molar-refractivity contribution in [1.29, 1.82) is 0 Å². The van der Waals surface area contributed by atoms with Crippen LogP contribution in [0.15, 0.2) is 30.3 Å². The molecule has 0 atom stereocenters. The molecule has 0 aliphatic carbocycles. The quantitative estimate of drug-likeness (QED) is 0.653. The molecule has 0 unspecified atom stereocenters. The lowest BCUT2D eigenvalue weighted by atomic mass is 10.1. The molecule has 19 heavy (non-hydrogen) atoms. The first kappa shape index (κ1) is 15.4. The van der Waals surface area contributed by atoms with Crippen LogP contribution >= 0.6 is 0 Å². The van der Waals surface area contributed by atoms with E-state index in [4.69, 9.17) is 4.74 Å². The van der Waals surface area contributed by atoms with Crippen molar-refractivity contribution in [2.45, 2.75) is 32.8 Å². The third-order valence-corrected chi connectivity index (χ3v) is 2.44. The maximum absolute atomic E-state index is 12.1. The van der Waals surface area contributed by atoms with Gasteiger partial charge in [0.05, 0.1) is 5.56 Å². The van der Waals surface area contributed by atoms with E-state index < -0.39 is 5.60 Å². The number of ether oxygens (including phenoxy) is 1. The molecule has 3 heteroatoms. The van der Waals surface area contributed by atoms with Crippen LogP contribution in [0.2, 0.25) is 0 Å². The van der Waals surface area contributed by atoms with Gasteiger partial charge in [-0.2, -0.15) is 0 Å². The van der Waals surface area contributed by atoms with Crippen LogP contribution in [0.5, 0.6) is 0 Å². The van der Waals surface area contributed by atoms with Gasteiger partial charge in [0.25, 0.3) is 0 Å². The first-order valence-electron chi connectivity index (χ1n) is 6.57. The Morgan fingerprint density at radius 1 is 1.32 bits per heavy atom. The monoisotopic (exact) mass is 261 g/mol. The molecule has 0 radical (unpaired) electrons. The van der Waals surface area contributed by atoms with Crippen LogP contribution in [0.4, 0.5) is 0 Å². The molecule has 0 aliphatic rings. The predicted molar refractivity (Wildman–Crippen MR) is 79.2 cm³/mol. The molecule has 1 rings (SSSR count). The molecule has 0 heterocycles. The number of rotatable bonds is 5. The zero-order chi connectivity index (χ0) is 14.3. The van der Waals surface area contributed by atoms with Gasteiger partial charge >= 0.3 is 5.97 Å². The van der Waals surface area contributed by atoms with Gasteiger partial charge < -0.3 is 10.1 Å². The van der Waals surface area contributed by atoms with E-state index in [2.05, 4.69) is 11.4 Å². The lowest BCUT2D eigenvalue weighted by Gasteiger charge is -2.20. The van der Waals surface area contributed by atoms with Gasteiger partial charge in [-0.1, -0.05) is 30.4 Å². The van der Waals surface area contributed by atoms with Crippen LogP contribution in [0.1, 0.15) is 43.1 Å². The van der Waals surface area contributed by atoms with E-state index in [9.17, 15) is 4.79 Å². The molecule has 0 saturated heterocycles. The van der Waals surface area contributed by atoms with Crippen LogP contribution in [0.3, 0.4) is 0 Å². The van der Waals surface area contributed by atoms with Crippen molar-refractivity contribution in [2.75, 3.05) is 13.6 Å². The molecule has 0 bridgehead atoms. The average molecular weight is 261 g/mol. The lowest BCUT2D eigenvalue weighted by molar-refractivity contribution is 0.00693. The molecule has 0 amide bonds. The zero-order valence-electron chi connectivity index (χ0n) is 12.2. The Morgan fingerprint density at radius 2 is 2.00 bits per heavy atom. The highest BCUT2D eigenvalue weighted by atomic mass is 16.6. The summed E-state index contributed by atoms with van der Waals surface area (Å²) >= 11 is 0. The van der Waals surface area contributed by atoms with Crippen LogP contribution < -0.4 is 5.32 Å². The number of esters is 1. The topological polar surface area (TPSA) is 38.3 Å². The van der Waals surface area contributed by atoms with Gasteiger partial charge in [-0.05, 0) is 52.4 Å². The van der Waals surface area contributed by atoms with Crippen molar-refractivity contribution in [3.8, 4) is 0 Å². The maximum Gasteiger partial charge on any atom is 0.339 e. The van der Waals surface area contributed by atoms with E-state index >= 15 is 0 Å². The Morgan fingerprint density at radius 3 is 2.63 bits per heavy atom. The fourth-order valence-electron chi connectivity index (χ4n) is 1.60. The van der Waals surface area contributed by atoms with E-state index in [0.29, 0.717) is 5.56 Å². The van der Waals surface area contributed by atoms with E-state index in [0.717, 1.165) is 18.5 Å². The highest BCUT2D eigenvalue weighted by Gasteiger charge is 2.19. The van der Waals surface area contributed by atoms with Crippen LogP contribution in [-0.4, -0.2) is 25.2 Å². The molecule has 0 fully saturated rings. The summed E-state index contributed by atoms with van der Waals surface area (Å²) < 4.78 is 5.41. The molecule has 104 valence electrons. The van der Waals surface area contributed by atoms with E-state index in [-0.39, 0.29) is 5.97 Å². The Balaban J connectivity index is 2.83. The molecular weight excluding hydrogens is 238 g/mol. The van der Waals surface area contributed by atoms with Gasteiger partial charge in [0.2, 0.25) is 0 Å². The molecule has 0 aromatic heterocycles. The molecule has 1 N–H and O–H groups in total. The van der Waals surface area contributed by atoms with Crippen molar-refractivity contribution in [2.24, 2.45) is 0 Å². The zero-order valence-corrected chi connectivity index (χ0v) is 12.2. The van der Waals surface area contributed by atoms with Crippen molar-refractivity contribution in [3.63, 3.8) is 0 Å². The van der Waals surface area contributed by atoms with E-state index in [1.54, 1.807) is 6.07 Å². The first-order valence-corrected chi connectivity index (χ1v) is 6.57. The SMILES string of the molecule is CNCCC=Cc1ccccc1C(=O)OC(C)(C)C. The first-order chi connectivity index (χ1) is 8.94. The van der Waals surface area contributed by atoms with Gasteiger partial charge in [0.1, 0.15) is 5.60 Å². The summed E-state index contributed by atoms with van der Waals surface area (Å²) in [6.07, 6.45) is 4.95. The maximum atomic E-state index is 12.1. The van der Waals surface area contributed by atoms with Gasteiger partial charge in [-0.3, -0.25) is 0 Å². The van der Waals surface area contributed by atoms with Crippen LogP contribution in [0.25, 0.3) is 6.08 Å². The molecule has 3 nitrogen and oxygen atoms in total. The standard InChI is InChI=1S/C16H23NO2/c1-16(2,3)19-15(18)14-11-6-5-9-13(14)10-7-8-12-17-4/h5-7,9-11,17H,8,12H2,1-4H3. The largest absolute Gasteiger partial charge is 0.456 e. The minimum Gasteiger partial charge on any atom is -0.456 e. The Kier molecular flexibility index (Phi) is 5.77. The predicted octanol–water partition coefficient (Wildman–Crippen LogP) is 3.26. The summed E-state index contributed by atoms with van der Waals surface area (Å²) in [5, 5.41) is 3.08. The van der Waals surface area contributed by atoms with Crippen molar-refractivity contribution >= 4 is 12.0 Å². The Labute approximate surface area is 115 Å². The molecule has 1 aromatic carbocycles. The molecule has 0 aliphatic heterocycles. The second-order valence-corrected chi connectivity index (χ2v) is 5.38. The van der Waals surface area contributed by atoms with Crippen molar-refractivity contribution < 1.29 is 9.53 Å². The van der Waals surface area contributed by atoms with Crippen LogP contribution in [0, 0.1) is 0 Å². The third-order valence-electron chi connectivity index (χ3n) is 2.44. The summed E-state index contributed by atoms with van der Waals surface area (Å²) in [4.78, 5) is 12.1. The summed E-state index contributed by atoms with van der Waals surface area (Å²) in [6.45, 7) is 6.54. The Bertz CT molecular complexity index is 444. The number of carbonyl (C=O) groups is 1. The minimum absolute atomic E-state index is 0.277. The van der Waals surface area contributed by atoms with E-state index in [1.165, 1.54) is 0 Å². The van der Waals surface area contributed by atoms with Crippen molar-refractivity contribution in [3.05, 3.63) is 41.5 Å². The third kappa shape index (κ3) is 5.71. The molecule has 0 spiro atoms. The smallest absolute Gasteiger partial charge is 0.339 e. The number of nitrogens with one attached hydrogen (secondary N) is 1. The molecule has 1 aromatic rings. The molecule has 0 saturated carbocycles. The van der Waals surface area contributed by atoms with Crippen LogP contribution in [-0.2, 0) is 4.74 Å². The summed E-state index contributed by atoms with van der Waals surface area (Å²) in [5.74, 6) is -0.277. The van der Waals surface area contributed by atoms with Gasteiger partial charge in [-0.15, -0.1) is 0 Å². The van der Waals surface area contributed by atoms with E-state index in [1.807, 2.05) is 52.1 Å². The number of carbonyl (C=O) groups excluding carboxylic acids is 1. The summed E-state index contributed by atoms with van der Waals surface area (Å²) in [5.41, 5.74) is 1.03. The van der Waals surface area contributed by atoms with Gasteiger partial charge in [0.15, 0.2) is 0 Å². The Hall–Kier alpha value is -1.61. The molecular formula is C16H23NO2. The number of hydrogen-bond donors (Lipinski definition) is 1. The number of benzene rings is 1. The van der Waals surface area contributed by atoms with Crippen molar-refractivity contribution in [1.82, 2.24) is 5.32 Å². The highest BCUT2D eigenvalue weighted by Crippen LogP contribution is 2.16. The lowest BCUT2D eigenvalue weighted by Crippen LogP contribution is -2.24. The number of hydrogen-bond acceptors (Lipinski definition) is 3. The minimum atomic E-state index is -0.472. The van der Waals surface area contributed by atoms with Gasteiger partial charge in [-0.25, -0.2) is 4.79 Å². The van der Waals surface area contributed by atoms with Gasteiger partial charge in [0, 0.05) is 0 Å². The fraction of sp³-hybridized carbons (Fsp3) is 0.438. The summed E-state index contributed by atoms with van der Waals surface area (Å²) in [6, 6.07) is 7.50. The normalized spacial score (nSPS) is 11.8. The fourth-order valence-corrected chi connectivity index (χ4v) is 1.60. The second kappa shape index (κ2) is 7.10. The average Bonchev–Trinajstić information content (AvgIpc) is 2.33. The highest BCUT2D eigenvalue weighted by molar-refractivity contribution is 5.93. The second-order valence-electron chi connectivity index (χ2n) is 5.38.